The highest BCUT2D eigenvalue weighted by atomic mass is 16.4. The molecule has 0 saturated carbocycles. The molecular formula is C13H19N3O3. The predicted octanol–water partition coefficient (Wildman–Crippen LogP) is 1.35. The van der Waals surface area contributed by atoms with Crippen molar-refractivity contribution in [3.63, 3.8) is 0 Å². The normalized spacial score (nSPS) is 14.8. The molecule has 1 unspecified atom stereocenters. The van der Waals surface area contributed by atoms with Gasteiger partial charge in [-0.25, -0.2) is 0 Å². The van der Waals surface area contributed by atoms with Crippen LogP contribution in [0.4, 0.5) is 0 Å². The second-order valence-corrected chi connectivity index (χ2v) is 4.65. The van der Waals surface area contributed by atoms with Gasteiger partial charge in [0.05, 0.1) is 11.1 Å². The molecule has 0 aliphatic carbocycles. The first-order valence-corrected chi connectivity index (χ1v) is 5.94. The summed E-state index contributed by atoms with van der Waals surface area (Å²) in [6.07, 6.45) is 0.446. The van der Waals surface area contributed by atoms with E-state index in [0.29, 0.717) is 6.42 Å². The quantitative estimate of drug-likeness (QED) is 0.285. The summed E-state index contributed by atoms with van der Waals surface area (Å²) in [7, 11) is 0. The molecule has 0 spiro atoms. The molecule has 6 nitrogen and oxygen atoms in total. The summed E-state index contributed by atoms with van der Waals surface area (Å²) >= 11 is 0. The number of aromatic hydroxyl groups is 1. The van der Waals surface area contributed by atoms with Gasteiger partial charge in [-0.3, -0.25) is 4.79 Å². The molecular weight excluding hydrogens is 246 g/mol. The SMILES string of the molecule is CCC(C)(NC(=O)c1cc(C)ccc1O)/C(N)=N/O. The second kappa shape index (κ2) is 5.60. The monoisotopic (exact) mass is 265 g/mol. The van der Waals surface area contributed by atoms with Crippen molar-refractivity contribution in [1.29, 1.82) is 0 Å². The van der Waals surface area contributed by atoms with Gasteiger partial charge in [0.25, 0.3) is 5.91 Å². The van der Waals surface area contributed by atoms with Gasteiger partial charge >= 0.3 is 0 Å². The maximum absolute atomic E-state index is 12.1. The van der Waals surface area contributed by atoms with E-state index >= 15 is 0 Å². The summed E-state index contributed by atoms with van der Waals surface area (Å²) in [5.74, 6) is -0.672. The van der Waals surface area contributed by atoms with E-state index in [1.165, 1.54) is 6.07 Å². The molecule has 1 rings (SSSR count). The Kier molecular flexibility index (Phi) is 4.37. The minimum absolute atomic E-state index is 0.0875. The van der Waals surface area contributed by atoms with Gasteiger partial charge in [0.15, 0.2) is 5.84 Å². The third-order valence-corrected chi connectivity index (χ3v) is 3.17. The van der Waals surface area contributed by atoms with Crippen LogP contribution in [0.1, 0.15) is 36.2 Å². The molecule has 6 heteroatoms. The predicted molar refractivity (Wildman–Crippen MR) is 72.4 cm³/mol. The number of rotatable bonds is 4. The number of phenols is 1. The number of aryl methyl sites for hydroxylation is 1. The van der Waals surface area contributed by atoms with Crippen molar-refractivity contribution in [1.82, 2.24) is 5.32 Å². The molecule has 0 saturated heterocycles. The van der Waals surface area contributed by atoms with Crippen LogP contribution in [0.2, 0.25) is 0 Å². The summed E-state index contributed by atoms with van der Waals surface area (Å²) < 4.78 is 0. The topological polar surface area (TPSA) is 108 Å². The Labute approximate surface area is 111 Å². The molecule has 19 heavy (non-hydrogen) atoms. The maximum atomic E-state index is 12.1. The molecule has 1 atom stereocenters. The van der Waals surface area contributed by atoms with Crippen molar-refractivity contribution < 1.29 is 15.1 Å². The van der Waals surface area contributed by atoms with Crippen LogP contribution in [0.25, 0.3) is 0 Å². The molecule has 1 aromatic carbocycles. The molecule has 0 radical (unpaired) electrons. The number of amides is 1. The van der Waals surface area contributed by atoms with Crippen LogP contribution in [-0.2, 0) is 0 Å². The number of benzene rings is 1. The highest BCUT2D eigenvalue weighted by Crippen LogP contribution is 2.20. The van der Waals surface area contributed by atoms with E-state index in [0.717, 1.165) is 5.56 Å². The van der Waals surface area contributed by atoms with E-state index in [-0.39, 0.29) is 17.1 Å². The smallest absolute Gasteiger partial charge is 0.255 e. The molecule has 0 aliphatic heterocycles. The summed E-state index contributed by atoms with van der Waals surface area (Å²) in [6.45, 7) is 5.26. The molecule has 0 bridgehead atoms. The number of carbonyl (C=O) groups is 1. The Morgan fingerprint density at radius 2 is 2.16 bits per heavy atom. The maximum Gasteiger partial charge on any atom is 0.255 e. The number of carbonyl (C=O) groups excluding carboxylic acids is 1. The fraction of sp³-hybridized carbons (Fsp3) is 0.385. The highest BCUT2D eigenvalue weighted by molar-refractivity contribution is 6.01. The van der Waals surface area contributed by atoms with Gasteiger partial charge in [-0.15, -0.1) is 0 Å². The lowest BCUT2D eigenvalue weighted by Crippen LogP contribution is -2.55. The van der Waals surface area contributed by atoms with Crippen LogP contribution in [0.3, 0.4) is 0 Å². The highest BCUT2D eigenvalue weighted by Gasteiger charge is 2.30. The van der Waals surface area contributed by atoms with Crippen LogP contribution in [0.15, 0.2) is 23.4 Å². The summed E-state index contributed by atoms with van der Waals surface area (Å²) in [4.78, 5) is 12.1. The number of oxime groups is 1. The number of hydrogen-bond acceptors (Lipinski definition) is 4. The Balaban J connectivity index is 3.05. The van der Waals surface area contributed by atoms with Gasteiger partial charge in [0.2, 0.25) is 0 Å². The largest absolute Gasteiger partial charge is 0.507 e. The van der Waals surface area contributed by atoms with E-state index < -0.39 is 11.4 Å². The Bertz CT molecular complexity index is 514. The van der Waals surface area contributed by atoms with Gasteiger partial charge in [0, 0.05) is 0 Å². The van der Waals surface area contributed by atoms with Gasteiger partial charge in [0.1, 0.15) is 5.75 Å². The first kappa shape index (κ1) is 14.8. The van der Waals surface area contributed by atoms with Gasteiger partial charge in [-0.1, -0.05) is 23.7 Å². The number of nitrogens with zero attached hydrogens (tertiary/aromatic N) is 1. The molecule has 0 aromatic heterocycles. The third kappa shape index (κ3) is 3.15. The number of nitrogens with two attached hydrogens (primary N) is 1. The van der Waals surface area contributed by atoms with E-state index in [4.69, 9.17) is 10.9 Å². The van der Waals surface area contributed by atoms with Crippen molar-refractivity contribution in [2.24, 2.45) is 10.9 Å². The second-order valence-electron chi connectivity index (χ2n) is 4.65. The lowest BCUT2D eigenvalue weighted by Gasteiger charge is -2.28. The Hall–Kier alpha value is -2.24. The van der Waals surface area contributed by atoms with Crippen LogP contribution >= 0.6 is 0 Å². The van der Waals surface area contributed by atoms with Crippen molar-refractivity contribution in [3.05, 3.63) is 29.3 Å². The molecule has 1 amide bonds. The number of nitrogens with one attached hydrogen (secondary N) is 1. The van der Waals surface area contributed by atoms with Crippen molar-refractivity contribution in [2.45, 2.75) is 32.7 Å². The zero-order chi connectivity index (χ0) is 14.6. The van der Waals surface area contributed by atoms with Crippen LogP contribution in [0, 0.1) is 6.92 Å². The summed E-state index contributed by atoms with van der Waals surface area (Å²) in [5.41, 5.74) is 5.62. The first-order valence-electron chi connectivity index (χ1n) is 5.94. The van der Waals surface area contributed by atoms with Crippen molar-refractivity contribution in [3.8, 4) is 5.75 Å². The van der Waals surface area contributed by atoms with Gasteiger partial charge in [-0.05, 0) is 32.4 Å². The minimum atomic E-state index is -0.970. The Morgan fingerprint density at radius 1 is 1.53 bits per heavy atom. The molecule has 0 aliphatic rings. The lowest BCUT2D eigenvalue weighted by atomic mass is 9.96. The molecule has 0 fully saturated rings. The molecule has 1 aromatic rings. The van der Waals surface area contributed by atoms with Gasteiger partial charge in [-0.2, -0.15) is 0 Å². The Morgan fingerprint density at radius 3 is 2.68 bits per heavy atom. The van der Waals surface area contributed by atoms with Crippen molar-refractivity contribution in [2.75, 3.05) is 0 Å². The van der Waals surface area contributed by atoms with E-state index in [2.05, 4.69) is 10.5 Å². The standard InChI is InChI=1S/C13H19N3O3/c1-4-13(3,12(14)16-19)15-11(18)9-7-8(2)5-6-10(9)17/h5-7,17,19H,4H2,1-3H3,(H2,14,16)(H,15,18). The van der Waals surface area contributed by atoms with Crippen LogP contribution in [0.5, 0.6) is 5.75 Å². The average Bonchev–Trinajstić information content (AvgIpc) is 2.40. The zero-order valence-electron chi connectivity index (χ0n) is 11.3. The summed E-state index contributed by atoms with van der Waals surface area (Å²) in [5, 5.41) is 24.0. The molecule has 0 heterocycles. The number of phenolic OH excluding ortho intramolecular Hbond substituents is 1. The zero-order valence-corrected chi connectivity index (χ0v) is 11.3. The van der Waals surface area contributed by atoms with E-state index in [9.17, 15) is 9.90 Å². The molecule has 5 N–H and O–H groups in total. The lowest BCUT2D eigenvalue weighted by molar-refractivity contribution is 0.0922. The summed E-state index contributed by atoms with van der Waals surface area (Å²) in [6, 6.07) is 4.73. The molecule has 104 valence electrons. The van der Waals surface area contributed by atoms with Crippen LogP contribution < -0.4 is 11.1 Å². The third-order valence-electron chi connectivity index (χ3n) is 3.17. The number of hydrogen-bond donors (Lipinski definition) is 4. The minimum Gasteiger partial charge on any atom is -0.507 e. The average molecular weight is 265 g/mol. The van der Waals surface area contributed by atoms with Gasteiger partial charge < -0.3 is 21.4 Å². The fourth-order valence-corrected chi connectivity index (χ4v) is 1.59. The number of amidine groups is 1. The first-order chi connectivity index (χ1) is 8.84. The van der Waals surface area contributed by atoms with Crippen molar-refractivity contribution >= 4 is 11.7 Å². The van der Waals surface area contributed by atoms with Crippen LogP contribution in [-0.4, -0.2) is 27.6 Å². The fourth-order valence-electron chi connectivity index (χ4n) is 1.59. The van der Waals surface area contributed by atoms with E-state index in [1.54, 1.807) is 26.0 Å². The van der Waals surface area contributed by atoms with E-state index in [1.807, 2.05) is 6.92 Å².